The van der Waals surface area contributed by atoms with Crippen LogP contribution in [0.3, 0.4) is 0 Å². The molecule has 2 rings (SSSR count). The molecule has 31 heavy (non-hydrogen) atoms. The smallest absolute Gasteiger partial charge is 0.331 e. The molecule has 0 saturated heterocycles. The van der Waals surface area contributed by atoms with Gasteiger partial charge in [-0.2, -0.15) is 0 Å². The number of anilines is 1. The minimum absolute atomic E-state index is 0.232. The van der Waals surface area contributed by atoms with Crippen molar-refractivity contribution in [3.8, 4) is 17.2 Å². The quantitative estimate of drug-likeness (QED) is 0.465. The summed E-state index contributed by atoms with van der Waals surface area (Å²) in [6, 6.07) is 9.57. The molecule has 0 spiro atoms. The van der Waals surface area contributed by atoms with Gasteiger partial charge < -0.3 is 29.6 Å². The number of methoxy groups -OCH3 is 3. The first-order chi connectivity index (χ1) is 14.9. The third-order valence-electron chi connectivity index (χ3n) is 4.14. The minimum atomic E-state index is -0.707. The number of hydrogen-bond donors (Lipinski definition) is 2. The largest absolute Gasteiger partial charge is 0.496 e. The molecule has 2 N–H and O–H groups in total. The molecule has 0 aliphatic carbocycles. The molecule has 9 nitrogen and oxygen atoms in total. The van der Waals surface area contributed by atoms with Crippen LogP contribution in [0.15, 0.2) is 42.5 Å². The molecule has 0 bridgehead atoms. The summed E-state index contributed by atoms with van der Waals surface area (Å²) in [5.41, 5.74) is 1.50. The molecule has 0 aliphatic heterocycles. The van der Waals surface area contributed by atoms with Crippen LogP contribution in [0.1, 0.15) is 15.9 Å². The Balaban J connectivity index is 1.93. The molecule has 2 amide bonds. The van der Waals surface area contributed by atoms with E-state index in [1.807, 2.05) is 0 Å². The van der Waals surface area contributed by atoms with Crippen LogP contribution in [0.2, 0.25) is 0 Å². The molecule has 0 fully saturated rings. The predicted molar refractivity (Wildman–Crippen MR) is 115 cm³/mol. The molecule has 0 aliphatic rings. The van der Waals surface area contributed by atoms with Crippen LogP contribution in [0.5, 0.6) is 17.2 Å². The van der Waals surface area contributed by atoms with Crippen molar-refractivity contribution in [2.45, 2.75) is 0 Å². The number of ether oxygens (including phenoxy) is 4. The first-order valence-electron chi connectivity index (χ1n) is 9.18. The Hall–Kier alpha value is -4.01. The third kappa shape index (κ3) is 6.49. The zero-order chi connectivity index (χ0) is 22.8. The average Bonchev–Trinajstić information content (AvgIpc) is 2.80. The van der Waals surface area contributed by atoms with Crippen molar-refractivity contribution in [3.05, 3.63) is 53.6 Å². The second kappa shape index (κ2) is 11.2. The van der Waals surface area contributed by atoms with Crippen LogP contribution in [0, 0.1) is 0 Å². The molecular formula is C22H24N2O7. The fourth-order valence-corrected chi connectivity index (χ4v) is 2.57. The lowest BCUT2D eigenvalue weighted by Crippen LogP contribution is -2.20. The maximum atomic E-state index is 12.0. The topological polar surface area (TPSA) is 112 Å². The van der Waals surface area contributed by atoms with Crippen molar-refractivity contribution in [2.24, 2.45) is 0 Å². The standard InChI is InChI=1S/C22H24N2O7/c1-23-22(27)14-5-8-16(9-6-14)24-20(25)13-31-21(26)10-7-15-11-18(29-3)19(30-4)12-17(15)28-2/h5-12H,13H2,1-4H3,(H,23,27)(H,24,25)/b10-7+. The predicted octanol–water partition coefficient (Wildman–Crippen LogP) is 2.27. The van der Waals surface area contributed by atoms with Gasteiger partial charge in [0.05, 0.1) is 21.3 Å². The molecule has 2 aromatic rings. The van der Waals surface area contributed by atoms with Gasteiger partial charge in [-0.25, -0.2) is 4.79 Å². The van der Waals surface area contributed by atoms with Crippen LogP contribution < -0.4 is 24.8 Å². The minimum Gasteiger partial charge on any atom is -0.496 e. The maximum Gasteiger partial charge on any atom is 0.331 e. The number of benzene rings is 2. The van der Waals surface area contributed by atoms with Crippen molar-refractivity contribution in [2.75, 3.05) is 40.3 Å². The molecule has 2 aromatic carbocycles. The first-order valence-corrected chi connectivity index (χ1v) is 9.18. The van der Waals surface area contributed by atoms with Crippen LogP contribution in [0.25, 0.3) is 6.08 Å². The van der Waals surface area contributed by atoms with E-state index in [1.54, 1.807) is 36.4 Å². The number of rotatable bonds is 9. The van der Waals surface area contributed by atoms with Crippen molar-refractivity contribution >= 4 is 29.5 Å². The SMILES string of the molecule is CNC(=O)c1ccc(NC(=O)COC(=O)/C=C/c2cc(OC)c(OC)cc2OC)cc1. The maximum absolute atomic E-state index is 12.0. The van der Waals surface area contributed by atoms with E-state index >= 15 is 0 Å². The zero-order valence-electron chi connectivity index (χ0n) is 17.7. The number of nitrogens with one attached hydrogen (secondary N) is 2. The van der Waals surface area contributed by atoms with Gasteiger partial charge in [-0.3, -0.25) is 9.59 Å². The fraction of sp³-hybridized carbons (Fsp3) is 0.227. The molecule has 0 heterocycles. The van der Waals surface area contributed by atoms with Gasteiger partial charge in [0, 0.05) is 36.0 Å². The van der Waals surface area contributed by atoms with Gasteiger partial charge in [0.1, 0.15) is 5.75 Å². The molecule has 0 unspecified atom stereocenters. The van der Waals surface area contributed by atoms with Gasteiger partial charge >= 0.3 is 5.97 Å². The number of carbonyl (C=O) groups is 3. The highest BCUT2D eigenvalue weighted by Crippen LogP contribution is 2.35. The summed E-state index contributed by atoms with van der Waals surface area (Å²) < 4.78 is 20.7. The van der Waals surface area contributed by atoms with Gasteiger partial charge in [0.2, 0.25) is 0 Å². The summed E-state index contributed by atoms with van der Waals surface area (Å²) in [6.45, 7) is -0.469. The lowest BCUT2D eigenvalue weighted by atomic mass is 10.1. The molecule has 0 radical (unpaired) electrons. The number of carbonyl (C=O) groups excluding carboxylic acids is 3. The Labute approximate surface area is 179 Å². The van der Waals surface area contributed by atoms with E-state index in [9.17, 15) is 14.4 Å². The Morgan fingerprint density at radius 1 is 0.903 bits per heavy atom. The van der Waals surface area contributed by atoms with Crippen molar-refractivity contribution in [3.63, 3.8) is 0 Å². The summed E-state index contributed by atoms with van der Waals surface area (Å²) in [6.07, 6.45) is 2.66. The van der Waals surface area contributed by atoms with Crippen molar-refractivity contribution < 1.29 is 33.3 Å². The average molecular weight is 428 g/mol. The Kier molecular flexibility index (Phi) is 8.44. The number of hydrogen-bond acceptors (Lipinski definition) is 7. The lowest BCUT2D eigenvalue weighted by molar-refractivity contribution is -0.142. The molecule has 0 atom stereocenters. The number of amides is 2. The van der Waals surface area contributed by atoms with Crippen molar-refractivity contribution in [1.29, 1.82) is 0 Å². The zero-order valence-corrected chi connectivity index (χ0v) is 17.7. The first kappa shape index (κ1) is 23.3. The highest BCUT2D eigenvalue weighted by Gasteiger charge is 2.11. The second-order valence-corrected chi connectivity index (χ2v) is 6.09. The van der Waals surface area contributed by atoms with Gasteiger partial charge in [-0.1, -0.05) is 0 Å². The van der Waals surface area contributed by atoms with E-state index in [0.717, 1.165) is 0 Å². The molecular weight excluding hydrogens is 404 g/mol. The van der Waals surface area contributed by atoms with E-state index in [4.69, 9.17) is 18.9 Å². The Bertz CT molecular complexity index is 969. The van der Waals surface area contributed by atoms with Gasteiger partial charge in [-0.15, -0.1) is 0 Å². The normalized spacial score (nSPS) is 10.3. The van der Waals surface area contributed by atoms with E-state index in [-0.39, 0.29) is 5.91 Å². The van der Waals surface area contributed by atoms with E-state index in [0.29, 0.717) is 34.1 Å². The van der Waals surface area contributed by atoms with Gasteiger partial charge in [0.15, 0.2) is 18.1 Å². The van der Waals surface area contributed by atoms with Gasteiger partial charge in [0.25, 0.3) is 11.8 Å². The van der Waals surface area contributed by atoms with E-state index < -0.39 is 18.5 Å². The van der Waals surface area contributed by atoms with Crippen LogP contribution in [-0.2, 0) is 14.3 Å². The number of esters is 1. The van der Waals surface area contributed by atoms with E-state index in [2.05, 4.69) is 10.6 Å². The van der Waals surface area contributed by atoms with Crippen LogP contribution >= 0.6 is 0 Å². The van der Waals surface area contributed by atoms with Crippen LogP contribution in [-0.4, -0.2) is 52.8 Å². The fourth-order valence-electron chi connectivity index (χ4n) is 2.57. The Morgan fingerprint density at radius 3 is 2.10 bits per heavy atom. The summed E-state index contributed by atoms with van der Waals surface area (Å²) in [5.74, 6) is -0.0262. The molecule has 0 saturated carbocycles. The van der Waals surface area contributed by atoms with Crippen molar-refractivity contribution in [1.82, 2.24) is 5.32 Å². The molecule has 9 heteroatoms. The monoisotopic (exact) mass is 428 g/mol. The van der Waals surface area contributed by atoms with E-state index in [1.165, 1.54) is 40.5 Å². The summed E-state index contributed by atoms with van der Waals surface area (Å²) >= 11 is 0. The van der Waals surface area contributed by atoms with Gasteiger partial charge in [-0.05, 0) is 36.4 Å². The lowest BCUT2D eigenvalue weighted by Gasteiger charge is -2.12. The van der Waals surface area contributed by atoms with Crippen LogP contribution in [0.4, 0.5) is 5.69 Å². The summed E-state index contributed by atoms with van der Waals surface area (Å²) in [4.78, 5) is 35.5. The highest BCUT2D eigenvalue weighted by atomic mass is 16.5. The Morgan fingerprint density at radius 2 is 1.52 bits per heavy atom. The molecule has 164 valence electrons. The molecule has 0 aromatic heterocycles. The summed E-state index contributed by atoms with van der Waals surface area (Å²) in [5, 5.41) is 5.08. The third-order valence-corrected chi connectivity index (χ3v) is 4.14. The summed E-state index contributed by atoms with van der Waals surface area (Å²) in [7, 11) is 6.02. The second-order valence-electron chi connectivity index (χ2n) is 6.09. The highest BCUT2D eigenvalue weighted by molar-refractivity contribution is 5.96.